The van der Waals surface area contributed by atoms with Gasteiger partial charge in [0.05, 0.1) is 0 Å². The molecule has 168 valence electrons. The van der Waals surface area contributed by atoms with E-state index in [2.05, 4.69) is 0 Å². The highest BCUT2D eigenvalue weighted by atomic mass is 16.5. The van der Waals surface area contributed by atoms with Crippen LogP contribution in [0.5, 0.6) is 17.2 Å². The third-order valence-electron chi connectivity index (χ3n) is 5.46. The summed E-state index contributed by atoms with van der Waals surface area (Å²) in [4.78, 5) is 34.4. The van der Waals surface area contributed by atoms with E-state index in [-0.39, 0.29) is 17.9 Å². The van der Waals surface area contributed by atoms with Gasteiger partial charge >= 0.3 is 17.9 Å². The normalized spacial score (nSPS) is 12.1. The van der Waals surface area contributed by atoms with Crippen LogP contribution < -0.4 is 14.2 Å². The highest BCUT2D eigenvalue weighted by Crippen LogP contribution is 2.32. The van der Waals surface area contributed by atoms with Crippen molar-refractivity contribution in [2.24, 2.45) is 0 Å². The predicted molar refractivity (Wildman–Crippen MR) is 122 cm³/mol. The van der Waals surface area contributed by atoms with Gasteiger partial charge in [0.25, 0.3) is 0 Å². The second kappa shape index (κ2) is 9.28. The van der Waals surface area contributed by atoms with E-state index >= 15 is 0 Å². The molecule has 0 unspecified atom stereocenters. The molecule has 1 aliphatic rings. The molecule has 0 atom stereocenters. The Labute approximate surface area is 192 Å². The average molecular weight is 444 g/mol. The van der Waals surface area contributed by atoms with Crippen molar-refractivity contribution in [2.75, 3.05) is 0 Å². The predicted octanol–water partition coefficient (Wildman–Crippen LogP) is 4.55. The lowest BCUT2D eigenvalue weighted by atomic mass is 9.95. The summed E-state index contributed by atoms with van der Waals surface area (Å²) >= 11 is 0. The molecule has 0 fully saturated rings. The van der Waals surface area contributed by atoms with Crippen LogP contribution in [0, 0.1) is 0 Å². The van der Waals surface area contributed by atoms with Gasteiger partial charge in [-0.25, -0.2) is 0 Å². The molecule has 6 nitrogen and oxygen atoms in total. The third kappa shape index (κ3) is 5.47. The Kier molecular flexibility index (Phi) is 6.27. The van der Waals surface area contributed by atoms with Gasteiger partial charge in [0, 0.05) is 20.8 Å². The minimum atomic E-state index is -0.374. The van der Waals surface area contributed by atoms with Crippen LogP contribution in [-0.4, -0.2) is 17.9 Å². The minimum Gasteiger partial charge on any atom is -0.427 e. The van der Waals surface area contributed by atoms with E-state index in [0.717, 1.165) is 33.4 Å². The Morgan fingerprint density at radius 3 is 1.00 bits per heavy atom. The molecule has 0 N–H and O–H groups in total. The number of carbonyl (C=O) groups excluding carboxylic acids is 3. The van der Waals surface area contributed by atoms with E-state index in [1.54, 1.807) is 18.2 Å². The summed E-state index contributed by atoms with van der Waals surface area (Å²) in [6, 6.07) is 16.9. The number of esters is 3. The molecule has 1 aliphatic carbocycles. The lowest BCUT2D eigenvalue weighted by Crippen LogP contribution is -2.05. The van der Waals surface area contributed by atoms with Gasteiger partial charge in [-0.15, -0.1) is 0 Å². The molecule has 0 saturated carbocycles. The zero-order chi connectivity index (χ0) is 23.5. The van der Waals surface area contributed by atoms with Crippen molar-refractivity contribution in [3.05, 3.63) is 88.0 Å². The van der Waals surface area contributed by atoms with Crippen molar-refractivity contribution in [1.82, 2.24) is 0 Å². The Morgan fingerprint density at radius 1 is 0.485 bits per heavy atom. The van der Waals surface area contributed by atoms with Crippen molar-refractivity contribution in [3.63, 3.8) is 0 Å². The highest BCUT2D eigenvalue weighted by molar-refractivity contribution is 5.70. The molecule has 6 heteroatoms. The summed E-state index contributed by atoms with van der Waals surface area (Å²) in [6.45, 7) is 4.13. The number of hydrogen-bond donors (Lipinski definition) is 0. The van der Waals surface area contributed by atoms with Crippen molar-refractivity contribution in [1.29, 1.82) is 0 Å². The molecule has 4 rings (SSSR count). The maximum Gasteiger partial charge on any atom is 0.308 e. The molecule has 0 spiro atoms. The molecule has 33 heavy (non-hydrogen) atoms. The Morgan fingerprint density at radius 2 is 0.758 bits per heavy atom. The van der Waals surface area contributed by atoms with Gasteiger partial charge in [-0.3, -0.25) is 14.4 Å². The number of ether oxygens (including phenoxy) is 3. The Bertz CT molecular complexity index is 1100. The van der Waals surface area contributed by atoms with Crippen LogP contribution in [0.1, 0.15) is 54.2 Å². The average Bonchev–Trinajstić information content (AvgIpc) is 2.77. The molecule has 3 aromatic rings. The fourth-order valence-electron chi connectivity index (χ4n) is 4.12. The summed E-state index contributed by atoms with van der Waals surface area (Å²) in [6.07, 6.45) is 1.89. The van der Waals surface area contributed by atoms with E-state index in [4.69, 9.17) is 14.2 Å². The second-order valence-corrected chi connectivity index (χ2v) is 8.10. The van der Waals surface area contributed by atoms with E-state index < -0.39 is 0 Å². The zero-order valence-corrected chi connectivity index (χ0v) is 18.8. The molecule has 3 aromatic carbocycles. The Balaban J connectivity index is 1.85. The van der Waals surface area contributed by atoms with E-state index in [9.17, 15) is 14.4 Å². The molecule has 0 aromatic heterocycles. The van der Waals surface area contributed by atoms with Crippen molar-refractivity contribution < 1.29 is 28.6 Å². The van der Waals surface area contributed by atoms with Crippen LogP contribution >= 0.6 is 0 Å². The van der Waals surface area contributed by atoms with Crippen molar-refractivity contribution in [3.8, 4) is 17.2 Å². The standard InChI is InChI=1S/C27H24O6/c1-16(28)31-25-7-4-19-11-23-14-27(33-18(3)30)9-6-21(23)12-24-15-26(32-17(2)29)8-5-20(24)10-22(19)13-25/h4-9,13-15H,10-12H2,1-3H3. The van der Waals surface area contributed by atoms with Gasteiger partial charge in [-0.1, -0.05) is 18.2 Å². The summed E-state index contributed by atoms with van der Waals surface area (Å²) in [5.74, 6) is 0.356. The van der Waals surface area contributed by atoms with Crippen LogP contribution in [0.15, 0.2) is 54.6 Å². The highest BCUT2D eigenvalue weighted by Gasteiger charge is 2.18. The number of rotatable bonds is 3. The number of fused-ring (bicyclic) bond motifs is 3. The molecule has 0 saturated heterocycles. The fourth-order valence-corrected chi connectivity index (χ4v) is 4.12. The quantitative estimate of drug-likeness (QED) is 0.341. The fraction of sp³-hybridized carbons (Fsp3) is 0.222. The lowest BCUT2D eigenvalue weighted by molar-refractivity contribution is -0.132. The van der Waals surface area contributed by atoms with E-state index in [1.165, 1.54) is 20.8 Å². The molecule has 0 radical (unpaired) electrons. The zero-order valence-electron chi connectivity index (χ0n) is 18.8. The summed E-state index contributed by atoms with van der Waals surface area (Å²) in [7, 11) is 0. The maximum absolute atomic E-state index is 11.5. The Hall–Kier alpha value is -3.93. The van der Waals surface area contributed by atoms with Gasteiger partial charge in [0.15, 0.2) is 0 Å². The van der Waals surface area contributed by atoms with E-state index in [1.807, 2.05) is 36.4 Å². The lowest BCUT2D eigenvalue weighted by Gasteiger charge is -2.13. The number of hydrogen-bond acceptors (Lipinski definition) is 6. The van der Waals surface area contributed by atoms with Gasteiger partial charge in [0.2, 0.25) is 0 Å². The maximum atomic E-state index is 11.5. The molecule has 0 aliphatic heterocycles. The molecule has 0 amide bonds. The van der Waals surface area contributed by atoms with Gasteiger partial charge < -0.3 is 14.2 Å². The first-order valence-corrected chi connectivity index (χ1v) is 10.7. The molecule has 0 bridgehead atoms. The molecule has 0 heterocycles. The van der Waals surface area contributed by atoms with Crippen LogP contribution in [0.4, 0.5) is 0 Å². The topological polar surface area (TPSA) is 78.9 Å². The van der Waals surface area contributed by atoms with Crippen LogP contribution in [0.25, 0.3) is 0 Å². The second-order valence-electron chi connectivity index (χ2n) is 8.10. The largest absolute Gasteiger partial charge is 0.427 e. The molecular weight excluding hydrogens is 420 g/mol. The number of carbonyl (C=O) groups is 3. The third-order valence-corrected chi connectivity index (χ3v) is 5.46. The van der Waals surface area contributed by atoms with Crippen LogP contribution in [-0.2, 0) is 33.6 Å². The van der Waals surface area contributed by atoms with Crippen molar-refractivity contribution in [2.45, 2.75) is 40.0 Å². The van der Waals surface area contributed by atoms with Gasteiger partial charge in [0.1, 0.15) is 17.2 Å². The SMILES string of the molecule is CC(=O)Oc1ccc2c(c1)Cc1ccc(OC(C)=O)cc1Cc1ccc(OC(C)=O)cc1C2. The summed E-state index contributed by atoms with van der Waals surface area (Å²) in [5.41, 5.74) is 6.35. The minimum absolute atomic E-state index is 0.374. The van der Waals surface area contributed by atoms with Crippen LogP contribution in [0.2, 0.25) is 0 Å². The smallest absolute Gasteiger partial charge is 0.308 e. The van der Waals surface area contributed by atoms with Gasteiger partial charge in [-0.2, -0.15) is 0 Å². The summed E-state index contributed by atoms with van der Waals surface area (Å²) in [5, 5.41) is 0. The molecular formula is C27H24O6. The monoisotopic (exact) mass is 444 g/mol. The number of benzene rings is 3. The van der Waals surface area contributed by atoms with E-state index in [0.29, 0.717) is 36.5 Å². The first-order chi connectivity index (χ1) is 15.8. The van der Waals surface area contributed by atoms with Gasteiger partial charge in [-0.05, 0) is 89.0 Å². The summed E-state index contributed by atoms with van der Waals surface area (Å²) < 4.78 is 15.9. The first kappa shape index (κ1) is 22.3. The van der Waals surface area contributed by atoms with Crippen LogP contribution in [0.3, 0.4) is 0 Å². The van der Waals surface area contributed by atoms with Crippen molar-refractivity contribution >= 4 is 17.9 Å². The first-order valence-electron chi connectivity index (χ1n) is 10.7.